The van der Waals surface area contributed by atoms with Crippen LogP contribution in [-0.2, 0) is 6.42 Å². The standard InChI is InChI=1S/C16H17NO2S/c1-20-13-7-5-12(6-8-13)16(19)14-4-2-3-11(9-10-18)15(14)17/h2-8,18H,9-10,17H2,1H3. The first-order chi connectivity index (χ1) is 9.67. The number of hydrogen-bond acceptors (Lipinski definition) is 4. The van der Waals surface area contributed by atoms with Crippen LogP contribution in [0.3, 0.4) is 0 Å². The summed E-state index contributed by atoms with van der Waals surface area (Å²) in [6.45, 7) is 0.0181. The Hall–Kier alpha value is -1.78. The van der Waals surface area contributed by atoms with Crippen molar-refractivity contribution in [3.05, 3.63) is 59.2 Å². The van der Waals surface area contributed by atoms with Crippen molar-refractivity contribution in [2.75, 3.05) is 18.6 Å². The molecule has 3 nitrogen and oxygen atoms in total. The number of rotatable bonds is 5. The van der Waals surface area contributed by atoms with Crippen LogP contribution < -0.4 is 5.73 Å². The number of nitrogen functional groups attached to an aromatic ring is 1. The fourth-order valence-electron chi connectivity index (χ4n) is 2.05. The summed E-state index contributed by atoms with van der Waals surface area (Å²) in [5, 5.41) is 9.01. The van der Waals surface area contributed by atoms with Crippen LogP contribution in [0.5, 0.6) is 0 Å². The monoisotopic (exact) mass is 287 g/mol. The number of para-hydroxylation sites is 1. The molecule has 20 heavy (non-hydrogen) atoms. The largest absolute Gasteiger partial charge is 0.398 e. The van der Waals surface area contributed by atoms with Gasteiger partial charge in [0.15, 0.2) is 5.78 Å². The van der Waals surface area contributed by atoms with E-state index in [4.69, 9.17) is 10.8 Å². The minimum Gasteiger partial charge on any atom is -0.398 e. The molecule has 0 bridgehead atoms. The van der Waals surface area contributed by atoms with Gasteiger partial charge < -0.3 is 10.8 Å². The lowest BCUT2D eigenvalue weighted by atomic mass is 9.98. The Morgan fingerprint density at radius 3 is 2.50 bits per heavy atom. The zero-order valence-electron chi connectivity index (χ0n) is 11.3. The molecular weight excluding hydrogens is 270 g/mol. The lowest BCUT2D eigenvalue weighted by Crippen LogP contribution is -2.08. The summed E-state index contributed by atoms with van der Waals surface area (Å²) in [6.07, 6.45) is 2.45. The molecule has 0 aliphatic carbocycles. The fourth-order valence-corrected chi connectivity index (χ4v) is 2.46. The maximum atomic E-state index is 12.5. The minimum atomic E-state index is -0.0880. The molecule has 2 aromatic rings. The number of thioether (sulfide) groups is 1. The second-order valence-corrected chi connectivity index (χ2v) is 5.29. The van der Waals surface area contributed by atoms with Crippen molar-refractivity contribution in [2.24, 2.45) is 0 Å². The normalized spacial score (nSPS) is 10.5. The van der Waals surface area contributed by atoms with Crippen molar-refractivity contribution < 1.29 is 9.90 Å². The predicted octanol–water partition coefficient (Wildman–Crippen LogP) is 2.76. The number of ketones is 1. The zero-order chi connectivity index (χ0) is 14.5. The molecule has 0 saturated carbocycles. The van der Waals surface area contributed by atoms with Gasteiger partial charge in [-0.25, -0.2) is 0 Å². The molecule has 0 atom stereocenters. The van der Waals surface area contributed by atoms with E-state index in [1.54, 1.807) is 23.9 Å². The molecule has 0 aromatic heterocycles. The van der Waals surface area contributed by atoms with Crippen LogP contribution >= 0.6 is 11.8 Å². The van der Waals surface area contributed by atoms with Gasteiger partial charge in [0.05, 0.1) is 0 Å². The van der Waals surface area contributed by atoms with Crippen molar-refractivity contribution in [3.8, 4) is 0 Å². The zero-order valence-corrected chi connectivity index (χ0v) is 12.1. The van der Waals surface area contributed by atoms with E-state index in [9.17, 15) is 4.79 Å². The highest BCUT2D eigenvalue weighted by Gasteiger charge is 2.14. The summed E-state index contributed by atoms with van der Waals surface area (Å²) >= 11 is 1.63. The summed E-state index contributed by atoms with van der Waals surface area (Å²) in [5.41, 5.74) is 8.41. The maximum Gasteiger partial charge on any atom is 0.195 e. The molecule has 0 fully saturated rings. The summed E-state index contributed by atoms with van der Waals surface area (Å²) in [4.78, 5) is 13.6. The Morgan fingerprint density at radius 2 is 1.90 bits per heavy atom. The number of nitrogens with two attached hydrogens (primary N) is 1. The topological polar surface area (TPSA) is 63.3 Å². The number of aliphatic hydroxyl groups is 1. The fraction of sp³-hybridized carbons (Fsp3) is 0.188. The van der Waals surface area contributed by atoms with Gasteiger partial charge >= 0.3 is 0 Å². The van der Waals surface area contributed by atoms with E-state index < -0.39 is 0 Å². The van der Waals surface area contributed by atoms with Crippen LogP contribution in [0.15, 0.2) is 47.4 Å². The SMILES string of the molecule is CSc1ccc(C(=O)c2cccc(CCO)c2N)cc1. The molecule has 4 heteroatoms. The van der Waals surface area contributed by atoms with E-state index in [1.807, 2.05) is 36.6 Å². The van der Waals surface area contributed by atoms with E-state index in [0.29, 0.717) is 23.2 Å². The Balaban J connectivity index is 2.35. The third-order valence-corrected chi connectivity index (χ3v) is 3.92. The molecule has 0 unspecified atom stereocenters. The first-order valence-corrected chi connectivity index (χ1v) is 7.57. The number of carbonyl (C=O) groups is 1. The predicted molar refractivity (Wildman–Crippen MR) is 83.3 cm³/mol. The van der Waals surface area contributed by atoms with Crippen molar-refractivity contribution in [1.82, 2.24) is 0 Å². The van der Waals surface area contributed by atoms with Gasteiger partial charge in [0, 0.05) is 28.3 Å². The van der Waals surface area contributed by atoms with Gasteiger partial charge in [-0.3, -0.25) is 4.79 Å². The van der Waals surface area contributed by atoms with Gasteiger partial charge in [0.25, 0.3) is 0 Å². The highest BCUT2D eigenvalue weighted by Crippen LogP contribution is 2.22. The maximum absolute atomic E-state index is 12.5. The molecule has 0 saturated heterocycles. The van der Waals surface area contributed by atoms with Crippen molar-refractivity contribution in [3.63, 3.8) is 0 Å². The average molecular weight is 287 g/mol. The average Bonchev–Trinajstić information content (AvgIpc) is 2.49. The Morgan fingerprint density at radius 1 is 1.20 bits per heavy atom. The summed E-state index contributed by atoms with van der Waals surface area (Å²) in [7, 11) is 0. The summed E-state index contributed by atoms with van der Waals surface area (Å²) < 4.78 is 0. The molecule has 0 aliphatic heterocycles. The third-order valence-electron chi connectivity index (χ3n) is 3.17. The minimum absolute atomic E-state index is 0.0181. The van der Waals surface area contributed by atoms with Crippen molar-refractivity contribution in [1.29, 1.82) is 0 Å². The quantitative estimate of drug-likeness (QED) is 0.504. The molecule has 104 valence electrons. The summed E-state index contributed by atoms with van der Waals surface area (Å²) in [5.74, 6) is -0.0880. The smallest absolute Gasteiger partial charge is 0.195 e. The molecular formula is C16H17NO2S. The number of carbonyl (C=O) groups excluding carboxylic acids is 1. The van der Waals surface area contributed by atoms with Crippen LogP contribution in [0.2, 0.25) is 0 Å². The molecule has 2 rings (SSSR count). The van der Waals surface area contributed by atoms with Crippen LogP contribution in [0.25, 0.3) is 0 Å². The first kappa shape index (κ1) is 14.6. The highest BCUT2D eigenvalue weighted by molar-refractivity contribution is 7.98. The van der Waals surface area contributed by atoms with Gasteiger partial charge in [0.1, 0.15) is 0 Å². The number of anilines is 1. The Bertz CT molecular complexity index is 608. The first-order valence-electron chi connectivity index (χ1n) is 6.34. The number of benzene rings is 2. The molecule has 2 aromatic carbocycles. The van der Waals surface area contributed by atoms with Crippen LogP contribution in [-0.4, -0.2) is 23.8 Å². The van der Waals surface area contributed by atoms with Gasteiger partial charge in [0.2, 0.25) is 0 Å². The van der Waals surface area contributed by atoms with E-state index >= 15 is 0 Å². The molecule has 0 amide bonds. The van der Waals surface area contributed by atoms with Crippen LogP contribution in [0, 0.1) is 0 Å². The number of aliphatic hydroxyl groups excluding tert-OH is 1. The van der Waals surface area contributed by atoms with Crippen LogP contribution in [0.1, 0.15) is 21.5 Å². The summed E-state index contributed by atoms with van der Waals surface area (Å²) in [6, 6.07) is 12.8. The van der Waals surface area contributed by atoms with Gasteiger partial charge in [-0.1, -0.05) is 12.1 Å². The second-order valence-electron chi connectivity index (χ2n) is 4.41. The van der Waals surface area contributed by atoms with Gasteiger partial charge in [-0.2, -0.15) is 0 Å². The van der Waals surface area contributed by atoms with E-state index in [0.717, 1.165) is 10.5 Å². The Kier molecular flexibility index (Phi) is 4.82. The number of hydrogen-bond donors (Lipinski definition) is 2. The molecule has 0 radical (unpaired) electrons. The van der Waals surface area contributed by atoms with E-state index in [-0.39, 0.29) is 12.4 Å². The molecule has 0 spiro atoms. The molecule has 3 N–H and O–H groups in total. The lowest BCUT2D eigenvalue weighted by Gasteiger charge is -2.10. The highest BCUT2D eigenvalue weighted by atomic mass is 32.2. The van der Waals surface area contributed by atoms with Crippen molar-refractivity contribution >= 4 is 23.2 Å². The molecule has 0 heterocycles. The second kappa shape index (κ2) is 6.59. The van der Waals surface area contributed by atoms with Gasteiger partial charge in [-0.05, 0) is 48.6 Å². The van der Waals surface area contributed by atoms with E-state index in [1.165, 1.54) is 0 Å². The van der Waals surface area contributed by atoms with E-state index in [2.05, 4.69) is 0 Å². The van der Waals surface area contributed by atoms with Crippen LogP contribution in [0.4, 0.5) is 5.69 Å². The Labute approximate surface area is 122 Å². The third kappa shape index (κ3) is 3.03. The van der Waals surface area contributed by atoms with Crippen molar-refractivity contribution in [2.45, 2.75) is 11.3 Å². The van der Waals surface area contributed by atoms with Gasteiger partial charge in [-0.15, -0.1) is 11.8 Å². The lowest BCUT2D eigenvalue weighted by molar-refractivity contribution is 0.103. The molecule has 0 aliphatic rings.